The van der Waals surface area contributed by atoms with Crippen LogP contribution < -0.4 is 0 Å². The van der Waals surface area contributed by atoms with Crippen molar-refractivity contribution in [2.24, 2.45) is 0 Å². The molecule has 0 bridgehead atoms. The zero-order valence-electron chi connectivity index (χ0n) is 34.9. The lowest BCUT2D eigenvalue weighted by Gasteiger charge is -2.34. The molecule has 1 aliphatic carbocycles. The molecule has 0 unspecified atom stereocenters. The van der Waals surface area contributed by atoms with Gasteiger partial charge in [0.25, 0.3) is 0 Å². The first-order valence-corrected chi connectivity index (χ1v) is 21.4. The predicted octanol–water partition coefficient (Wildman–Crippen LogP) is 16.3. The van der Waals surface area contributed by atoms with E-state index in [1.165, 1.54) is 12.1 Å². The molecule has 2 aromatic carbocycles. The van der Waals surface area contributed by atoms with Crippen molar-refractivity contribution in [3.63, 3.8) is 0 Å². The Balaban J connectivity index is 1.68. The van der Waals surface area contributed by atoms with Gasteiger partial charge in [-0.15, -0.1) is 22.7 Å². The van der Waals surface area contributed by atoms with Crippen molar-refractivity contribution >= 4 is 33.8 Å². The van der Waals surface area contributed by atoms with E-state index in [0.717, 1.165) is 36.4 Å². The van der Waals surface area contributed by atoms with Gasteiger partial charge in [-0.3, -0.25) is 0 Å². The summed E-state index contributed by atoms with van der Waals surface area (Å²) in [6, 6.07) is 15.7. The van der Waals surface area contributed by atoms with Gasteiger partial charge >= 0.3 is 47.9 Å². The maximum Gasteiger partial charge on any atom is 0.460 e. The van der Waals surface area contributed by atoms with Crippen LogP contribution in [0.1, 0.15) is 73.3 Å². The van der Waals surface area contributed by atoms with Gasteiger partial charge in [0.05, 0.1) is 11.1 Å². The summed E-state index contributed by atoms with van der Waals surface area (Å²) in [6.45, 7) is 3.68. The first kappa shape index (κ1) is 54.0. The number of hydrogen-bond acceptors (Lipinski definition) is 6. The summed E-state index contributed by atoms with van der Waals surface area (Å²) in [5, 5.41) is 37.5. The summed E-state index contributed by atoms with van der Waals surface area (Å²) < 4.78 is 255. The summed E-state index contributed by atoms with van der Waals surface area (Å²) >= 11 is 0.309. The number of allylic oxidation sites excluding steroid dienone is 4. The lowest BCUT2D eigenvalue weighted by atomic mass is 9.70. The second kappa shape index (κ2) is 18.4. The van der Waals surface area contributed by atoms with Gasteiger partial charge in [-0.25, -0.2) is 0 Å². The molecule has 0 saturated heterocycles. The van der Waals surface area contributed by atoms with Crippen molar-refractivity contribution in [3.8, 4) is 56.3 Å². The van der Waals surface area contributed by atoms with Crippen LogP contribution in [0.25, 0.3) is 43.2 Å². The summed E-state index contributed by atoms with van der Waals surface area (Å²) in [6.07, 6.45) is -11.5. The van der Waals surface area contributed by atoms with E-state index in [9.17, 15) is 82.5 Å². The third-order valence-electron chi connectivity index (χ3n) is 11.4. The fourth-order valence-electron chi connectivity index (χ4n) is 7.89. The van der Waals surface area contributed by atoms with Gasteiger partial charge < -0.3 is 0 Å². The number of rotatable bonds is 16. The monoisotopic (exact) mass is 1030 g/mol. The Kier molecular flexibility index (Phi) is 14.4. The van der Waals surface area contributed by atoms with Gasteiger partial charge in [0.15, 0.2) is 0 Å². The van der Waals surface area contributed by atoms with Crippen LogP contribution in [-0.4, -0.2) is 47.9 Å². The van der Waals surface area contributed by atoms with E-state index in [1.54, 1.807) is 24.3 Å². The maximum atomic E-state index is 15.5. The predicted molar refractivity (Wildman–Crippen MR) is 216 cm³/mol. The quantitative estimate of drug-likeness (QED) is 0.0825. The number of hydrogen-bond donors (Lipinski definition) is 0. The molecule has 0 radical (unpaired) electrons. The highest BCUT2D eigenvalue weighted by atomic mass is 32.1. The molecule has 69 heavy (non-hydrogen) atoms. The summed E-state index contributed by atoms with van der Waals surface area (Å²) in [5.41, 5.74) is -7.11. The van der Waals surface area contributed by atoms with E-state index < -0.39 is 85.3 Å². The molecule has 0 saturated carbocycles. The van der Waals surface area contributed by atoms with Crippen LogP contribution >= 0.6 is 22.7 Å². The summed E-state index contributed by atoms with van der Waals surface area (Å²) in [7, 11) is 0. The molecule has 0 atom stereocenters. The second-order valence-corrected chi connectivity index (χ2v) is 17.7. The Morgan fingerprint density at radius 2 is 0.783 bits per heavy atom. The molecule has 5 rings (SSSR count). The molecule has 2 aromatic heterocycles. The van der Waals surface area contributed by atoms with Crippen molar-refractivity contribution < 1.29 is 79.0 Å². The van der Waals surface area contributed by atoms with Crippen molar-refractivity contribution in [2.45, 2.75) is 106 Å². The molecule has 4 aromatic rings. The molecule has 1 aliphatic rings. The van der Waals surface area contributed by atoms with E-state index in [0.29, 0.717) is 72.9 Å². The lowest BCUT2D eigenvalue weighted by Crippen LogP contribution is -2.61. The number of benzene rings is 2. The Morgan fingerprint density at radius 1 is 0.464 bits per heavy atom. The zero-order chi connectivity index (χ0) is 52.1. The topological polar surface area (TPSA) is 95.2 Å². The number of unbranched alkanes of at least 4 members (excludes halogenated alkanes) is 2. The number of nitrogens with zero attached hydrogens (tertiary/aromatic N) is 4. The average molecular weight is 1030 g/mol. The smallest absolute Gasteiger partial charge is 0.194 e. The van der Waals surface area contributed by atoms with Crippen molar-refractivity contribution in [1.82, 2.24) is 0 Å². The Hall–Kier alpha value is -5.98. The molecular weight excluding hydrogens is 1000 g/mol. The highest BCUT2D eigenvalue weighted by Crippen LogP contribution is 2.61. The van der Waals surface area contributed by atoms with E-state index in [4.69, 9.17) is 0 Å². The molecule has 2 heterocycles. The Bertz CT molecular complexity index is 2640. The van der Waals surface area contributed by atoms with Gasteiger partial charge in [-0.1, -0.05) is 63.8 Å². The highest BCUT2D eigenvalue weighted by Gasteiger charge is 2.84. The molecular formula is C45H28F18N4S2. The van der Waals surface area contributed by atoms with E-state index >= 15 is 17.6 Å². The minimum Gasteiger partial charge on any atom is -0.194 e. The summed E-state index contributed by atoms with van der Waals surface area (Å²) in [4.78, 5) is -2.44. The van der Waals surface area contributed by atoms with Crippen LogP contribution in [0.2, 0.25) is 0 Å². The molecule has 366 valence electrons. The Labute approximate surface area is 387 Å². The van der Waals surface area contributed by atoms with Gasteiger partial charge in [-0.05, 0) is 82.6 Å². The van der Waals surface area contributed by atoms with Crippen LogP contribution in [0.4, 0.5) is 79.0 Å². The minimum absolute atomic E-state index is 0.0850. The van der Waals surface area contributed by atoms with Crippen LogP contribution in [-0.2, 0) is 5.41 Å². The van der Waals surface area contributed by atoms with Crippen LogP contribution in [0.15, 0.2) is 71.8 Å². The largest absolute Gasteiger partial charge is 0.460 e. The number of halogens is 18. The minimum atomic E-state index is -7.35. The highest BCUT2D eigenvalue weighted by molar-refractivity contribution is 7.17. The third-order valence-corrected chi connectivity index (χ3v) is 13.7. The fourth-order valence-corrected chi connectivity index (χ4v) is 10.1. The van der Waals surface area contributed by atoms with Crippen LogP contribution in [0.5, 0.6) is 0 Å². The normalized spacial score (nSPS) is 14.2. The van der Waals surface area contributed by atoms with Gasteiger partial charge in [-0.2, -0.15) is 100 Å². The molecule has 0 spiro atoms. The lowest BCUT2D eigenvalue weighted by molar-refractivity contribution is -0.386. The maximum absolute atomic E-state index is 15.5. The fraction of sp³-hybridized carbons (Fsp3) is 0.378. The number of thiophene rings is 2. The zero-order valence-corrected chi connectivity index (χ0v) is 36.6. The number of nitriles is 4. The van der Waals surface area contributed by atoms with Crippen molar-refractivity contribution in [3.05, 3.63) is 92.7 Å². The Morgan fingerprint density at radius 3 is 1.06 bits per heavy atom. The van der Waals surface area contributed by atoms with Gasteiger partial charge in [0, 0.05) is 24.9 Å². The van der Waals surface area contributed by atoms with Crippen molar-refractivity contribution in [1.29, 1.82) is 21.0 Å². The third kappa shape index (κ3) is 8.51. The molecule has 0 amide bonds. The van der Waals surface area contributed by atoms with E-state index in [-0.39, 0.29) is 43.6 Å². The first-order chi connectivity index (χ1) is 31.8. The second-order valence-electron chi connectivity index (χ2n) is 15.5. The molecule has 0 fully saturated rings. The number of alkyl halides is 18. The van der Waals surface area contributed by atoms with E-state index in [1.807, 2.05) is 13.8 Å². The molecule has 0 aliphatic heterocycles. The van der Waals surface area contributed by atoms with Gasteiger partial charge in [0.1, 0.15) is 35.4 Å². The summed E-state index contributed by atoms with van der Waals surface area (Å²) in [5.74, 6) is -42.1. The molecule has 0 N–H and O–H groups in total. The SMILES string of the molecule is CCCCC1(CCCC)c2cc(-c3ccc(C(=C(C#N)C#N)C(F)(F)C(F)(F)C(F)(F)C(F)(F)F)s3)ccc2-c2ccc(-c3ccc(C(=C(C#N)C#N)C(F)(F)C(F)(F)C(F)(F)C(F)(F)F)s3)cc21. The van der Waals surface area contributed by atoms with E-state index in [2.05, 4.69) is 0 Å². The first-order valence-electron chi connectivity index (χ1n) is 19.8. The van der Waals surface area contributed by atoms with Crippen LogP contribution in [0.3, 0.4) is 0 Å². The van der Waals surface area contributed by atoms with Crippen LogP contribution in [0, 0.1) is 45.3 Å². The standard InChI is InChI=1S/C45H28F18N4S2/c1-3-5-15-37(16-6-4-2)29-17-23(31-11-13-33(68-31)35(25(19-64)20-65)38(46,47)40(50,51)42(54,55)44(58,59)60)7-9-27(29)28-10-8-24(18-30(28)37)32-12-14-34(69-32)36(26(21-66)22-67)39(48,49)41(52,53)43(56,57)45(61,62)63/h7-14,17-18H,3-6,15-16H2,1-2H3. The number of fused-ring (bicyclic) bond motifs is 3. The average Bonchev–Trinajstić information content (AvgIpc) is 4.02. The molecule has 4 nitrogen and oxygen atoms in total. The van der Waals surface area contributed by atoms with Crippen molar-refractivity contribution in [2.75, 3.05) is 0 Å². The molecule has 24 heteroatoms. The van der Waals surface area contributed by atoms with Gasteiger partial charge in [0.2, 0.25) is 0 Å².